The van der Waals surface area contributed by atoms with Gasteiger partial charge in [-0.05, 0) is 49.1 Å². The summed E-state index contributed by atoms with van der Waals surface area (Å²) in [5, 5.41) is 3.57. The van der Waals surface area contributed by atoms with Gasteiger partial charge in [-0.25, -0.2) is 0 Å². The van der Waals surface area contributed by atoms with Crippen molar-refractivity contribution in [2.45, 2.75) is 32.2 Å². The van der Waals surface area contributed by atoms with Gasteiger partial charge in [-0.3, -0.25) is 4.98 Å². The lowest BCUT2D eigenvalue weighted by molar-refractivity contribution is 0.637. The van der Waals surface area contributed by atoms with Crippen LogP contribution < -0.4 is 5.32 Å². The molecule has 2 nitrogen and oxygen atoms in total. The Morgan fingerprint density at radius 1 is 1.44 bits per heavy atom. The van der Waals surface area contributed by atoms with Crippen molar-refractivity contribution < 1.29 is 0 Å². The smallest absolute Gasteiger partial charge is 0.0686 e. The average molecular weight is 258 g/mol. The Balaban J connectivity index is 1.93. The number of pyridine rings is 1. The van der Waals surface area contributed by atoms with E-state index in [0.717, 1.165) is 6.54 Å². The fraction of sp³-hybridized carbons (Fsp3) is 0.400. The third-order valence-electron chi connectivity index (χ3n) is 3.48. The standard InChI is InChI=1S/C15H18N2S/c1-2-17-15(12-6-4-8-16-10-12)14-9-11-5-3-7-13(11)18-14/h4,6,8-10,15,17H,2-3,5,7H2,1H3. The maximum absolute atomic E-state index is 4.24. The van der Waals surface area contributed by atoms with Crippen LogP contribution in [-0.4, -0.2) is 11.5 Å². The predicted octanol–water partition coefficient (Wildman–Crippen LogP) is 3.33. The lowest BCUT2D eigenvalue weighted by atomic mass is 10.1. The van der Waals surface area contributed by atoms with Crippen molar-refractivity contribution in [3.8, 4) is 0 Å². The Kier molecular flexibility index (Phi) is 3.43. The second-order valence-electron chi connectivity index (χ2n) is 4.73. The molecule has 18 heavy (non-hydrogen) atoms. The fourth-order valence-electron chi connectivity index (χ4n) is 2.63. The first-order valence-corrected chi connectivity index (χ1v) is 7.45. The summed E-state index contributed by atoms with van der Waals surface area (Å²) >= 11 is 1.97. The molecule has 1 aliphatic rings. The number of aryl methyl sites for hydroxylation is 2. The maximum atomic E-state index is 4.24. The molecular formula is C15H18N2S. The molecule has 0 radical (unpaired) electrons. The summed E-state index contributed by atoms with van der Waals surface area (Å²) < 4.78 is 0. The maximum Gasteiger partial charge on any atom is 0.0686 e. The van der Waals surface area contributed by atoms with Crippen LogP contribution in [0.15, 0.2) is 30.6 Å². The first-order valence-electron chi connectivity index (χ1n) is 6.63. The number of nitrogens with one attached hydrogen (secondary N) is 1. The highest BCUT2D eigenvalue weighted by molar-refractivity contribution is 7.12. The van der Waals surface area contributed by atoms with Crippen LogP contribution in [0.5, 0.6) is 0 Å². The molecule has 0 saturated carbocycles. The fourth-order valence-corrected chi connectivity index (χ4v) is 3.99. The summed E-state index contributed by atoms with van der Waals surface area (Å²) in [4.78, 5) is 7.27. The zero-order valence-electron chi connectivity index (χ0n) is 10.6. The molecule has 2 aromatic heterocycles. The van der Waals surface area contributed by atoms with Gasteiger partial charge in [0.2, 0.25) is 0 Å². The normalized spacial score (nSPS) is 15.6. The quantitative estimate of drug-likeness (QED) is 0.910. The SMILES string of the molecule is CCNC(c1cccnc1)c1cc2c(s1)CCC2. The lowest BCUT2D eigenvalue weighted by Gasteiger charge is -2.16. The number of rotatable bonds is 4. The number of hydrogen-bond acceptors (Lipinski definition) is 3. The first-order chi connectivity index (χ1) is 8.88. The van der Waals surface area contributed by atoms with Gasteiger partial charge in [0.05, 0.1) is 6.04 Å². The van der Waals surface area contributed by atoms with E-state index >= 15 is 0 Å². The molecule has 0 fully saturated rings. The molecular weight excluding hydrogens is 240 g/mol. The number of thiophene rings is 1. The van der Waals surface area contributed by atoms with E-state index in [-0.39, 0.29) is 0 Å². The zero-order chi connectivity index (χ0) is 12.4. The third kappa shape index (κ3) is 2.20. The van der Waals surface area contributed by atoms with Crippen molar-refractivity contribution in [2.75, 3.05) is 6.54 Å². The highest BCUT2D eigenvalue weighted by atomic mass is 32.1. The number of hydrogen-bond donors (Lipinski definition) is 1. The Morgan fingerprint density at radius 3 is 3.11 bits per heavy atom. The van der Waals surface area contributed by atoms with Crippen LogP contribution in [0.1, 0.15) is 40.3 Å². The van der Waals surface area contributed by atoms with Gasteiger partial charge in [-0.1, -0.05) is 13.0 Å². The Morgan fingerprint density at radius 2 is 2.39 bits per heavy atom. The molecule has 1 aliphatic carbocycles. The summed E-state index contributed by atoms with van der Waals surface area (Å²) in [6.45, 7) is 3.13. The Hall–Kier alpha value is -1.19. The monoisotopic (exact) mass is 258 g/mol. The van der Waals surface area contributed by atoms with Gasteiger partial charge in [0, 0.05) is 22.1 Å². The van der Waals surface area contributed by atoms with Crippen LogP contribution in [0.2, 0.25) is 0 Å². The molecule has 0 bridgehead atoms. The minimum Gasteiger partial charge on any atom is -0.306 e. The van der Waals surface area contributed by atoms with Gasteiger partial charge < -0.3 is 5.32 Å². The molecule has 94 valence electrons. The van der Waals surface area contributed by atoms with Crippen molar-refractivity contribution in [2.24, 2.45) is 0 Å². The highest BCUT2D eigenvalue weighted by Crippen LogP contribution is 2.35. The van der Waals surface area contributed by atoms with Crippen LogP contribution in [-0.2, 0) is 12.8 Å². The van der Waals surface area contributed by atoms with Crippen molar-refractivity contribution in [1.82, 2.24) is 10.3 Å². The molecule has 2 aromatic rings. The molecule has 0 amide bonds. The van der Waals surface area contributed by atoms with Crippen LogP contribution in [0.3, 0.4) is 0 Å². The molecule has 0 aliphatic heterocycles. The summed E-state index contributed by atoms with van der Waals surface area (Å²) in [6, 6.07) is 6.87. The second-order valence-corrected chi connectivity index (χ2v) is 5.90. The highest BCUT2D eigenvalue weighted by Gasteiger charge is 2.20. The predicted molar refractivity (Wildman–Crippen MR) is 76.1 cm³/mol. The lowest BCUT2D eigenvalue weighted by Crippen LogP contribution is -2.21. The van der Waals surface area contributed by atoms with Crippen molar-refractivity contribution in [1.29, 1.82) is 0 Å². The zero-order valence-corrected chi connectivity index (χ0v) is 11.5. The largest absolute Gasteiger partial charge is 0.306 e. The molecule has 0 spiro atoms. The third-order valence-corrected chi connectivity index (χ3v) is 4.78. The van der Waals surface area contributed by atoms with Crippen LogP contribution >= 0.6 is 11.3 Å². The summed E-state index contributed by atoms with van der Waals surface area (Å²) in [7, 11) is 0. The van der Waals surface area contributed by atoms with E-state index in [1.807, 2.05) is 29.8 Å². The number of aromatic nitrogens is 1. The van der Waals surface area contributed by atoms with Crippen LogP contribution in [0, 0.1) is 0 Å². The molecule has 1 atom stereocenters. The van der Waals surface area contributed by atoms with E-state index in [4.69, 9.17) is 0 Å². The van der Waals surface area contributed by atoms with Gasteiger partial charge in [0.15, 0.2) is 0 Å². The number of nitrogens with zero attached hydrogens (tertiary/aromatic N) is 1. The van der Waals surface area contributed by atoms with E-state index in [9.17, 15) is 0 Å². The van der Waals surface area contributed by atoms with Crippen LogP contribution in [0.25, 0.3) is 0 Å². The van der Waals surface area contributed by atoms with Crippen molar-refractivity contribution >= 4 is 11.3 Å². The van der Waals surface area contributed by atoms with E-state index in [0.29, 0.717) is 6.04 Å². The minimum absolute atomic E-state index is 0.305. The molecule has 2 heterocycles. The van der Waals surface area contributed by atoms with E-state index in [2.05, 4.69) is 29.4 Å². The van der Waals surface area contributed by atoms with Gasteiger partial charge in [-0.15, -0.1) is 11.3 Å². The molecule has 3 rings (SSSR count). The number of fused-ring (bicyclic) bond motifs is 1. The van der Waals surface area contributed by atoms with E-state index < -0.39 is 0 Å². The van der Waals surface area contributed by atoms with Crippen molar-refractivity contribution in [3.05, 3.63) is 51.5 Å². The molecule has 0 saturated heterocycles. The topological polar surface area (TPSA) is 24.9 Å². The first kappa shape index (κ1) is 11.9. The van der Waals surface area contributed by atoms with E-state index in [1.165, 1.54) is 29.7 Å². The van der Waals surface area contributed by atoms with Gasteiger partial charge in [-0.2, -0.15) is 0 Å². The average Bonchev–Trinajstić information content (AvgIpc) is 2.97. The van der Waals surface area contributed by atoms with E-state index in [1.54, 1.807) is 10.4 Å². The molecule has 3 heteroatoms. The molecule has 0 aromatic carbocycles. The van der Waals surface area contributed by atoms with Crippen LogP contribution in [0.4, 0.5) is 0 Å². The van der Waals surface area contributed by atoms with Gasteiger partial charge >= 0.3 is 0 Å². The van der Waals surface area contributed by atoms with Gasteiger partial charge in [0.25, 0.3) is 0 Å². The summed E-state index contributed by atoms with van der Waals surface area (Å²) in [5.41, 5.74) is 2.83. The Bertz CT molecular complexity index is 497. The second kappa shape index (κ2) is 5.21. The summed E-state index contributed by atoms with van der Waals surface area (Å²) in [6.07, 6.45) is 7.67. The Labute approximate surface area is 112 Å². The van der Waals surface area contributed by atoms with Gasteiger partial charge in [0.1, 0.15) is 0 Å². The molecule has 1 unspecified atom stereocenters. The van der Waals surface area contributed by atoms with Crippen molar-refractivity contribution in [3.63, 3.8) is 0 Å². The molecule has 1 N–H and O–H groups in total. The minimum atomic E-state index is 0.305. The summed E-state index contributed by atoms with van der Waals surface area (Å²) in [5.74, 6) is 0.